The predicted molar refractivity (Wildman–Crippen MR) is 80.1 cm³/mol. The van der Waals surface area contributed by atoms with Crippen LogP contribution in [0.1, 0.15) is 44.9 Å². The van der Waals surface area contributed by atoms with E-state index in [0.717, 1.165) is 50.2 Å². The number of amides is 2. The summed E-state index contributed by atoms with van der Waals surface area (Å²) in [5, 5.41) is 11.9. The monoisotopic (exact) mass is 300 g/mol. The van der Waals surface area contributed by atoms with E-state index >= 15 is 0 Å². The van der Waals surface area contributed by atoms with Crippen LogP contribution in [0.4, 0.5) is 4.79 Å². The number of carboxylic acids is 1. The van der Waals surface area contributed by atoms with Gasteiger partial charge in [0.25, 0.3) is 0 Å². The summed E-state index contributed by atoms with van der Waals surface area (Å²) in [5.74, 6) is 1.46. The maximum atomic E-state index is 12.4. The molecule has 0 aliphatic carbocycles. The number of likely N-dealkylation sites (tertiary alicyclic amines) is 1. The van der Waals surface area contributed by atoms with Crippen molar-refractivity contribution in [3.05, 3.63) is 0 Å². The van der Waals surface area contributed by atoms with Gasteiger partial charge < -0.3 is 15.3 Å². The number of carbonyl (C=O) groups excluding carboxylic acids is 1. The second-order valence-corrected chi connectivity index (χ2v) is 6.84. The number of piperidine rings is 1. The lowest BCUT2D eigenvalue weighted by Crippen LogP contribution is -2.51. The number of hydrogen-bond donors (Lipinski definition) is 2. The van der Waals surface area contributed by atoms with Crippen LogP contribution >= 0.6 is 11.8 Å². The van der Waals surface area contributed by atoms with E-state index in [-0.39, 0.29) is 18.5 Å². The van der Waals surface area contributed by atoms with Crippen molar-refractivity contribution < 1.29 is 14.7 Å². The van der Waals surface area contributed by atoms with Gasteiger partial charge in [-0.15, -0.1) is 0 Å². The second-order valence-electron chi connectivity index (χ2n) is 5.61. The minimum Gasteiger partial charge on any atom is -0.481 e. The summed E-state index contributed by atoms with van der Waals surface area (Å²) in [6.07, 6.45) is 5.86. The molecule has 20 heavy (non-hydrogen) atoms. The van der Waals surface area contributed by atoms with Gasteiger partial charge in [0.2, 0.25) is 0 Å². The molecular formula is C14H24N2O3S. The van der Waals surface area contributed by atoms with Gasteiger partial charge in [0.1, 0.15) is 0 Å². The van der Waals surface area contributed by atoms with E-state index in [1.807, 2.05) is 16.7 Å². The van der Waals surface area contributed by atoms with Crippen molar-refractivity contribution in [3.63, 3.8) is 0 Å². The van der Waals surface area contributed by atoms with Crippen molar-refractivity contribution in [2.45, 2.75) is 57.0 Å². The number of carbonyl (C=O) groups is 2. The molecule has 2 N–H and O–H groups in total. The molecule has 114 valence electrons. The standard InChI is InChI=1S/C14H24N2O3S/c17-13(18)5-4-12-3-1-2-8-16(12)14(19)15-11-6-9-20-10-7-11/h11-12H,1-10H2,(H,15,19)(H,17,18). The Bertz CT molecular complexity index is 345. The molecule has 2 saturated heterocycles. The molecule has 0 radical (unpaired) electrons. The van der Waals surface area contributed by atoms with Crippen LogP contribution in [0, 0.1) is 0 Å². The summed E-state index contributed by atoms with van der Waals surface area (Å²) in [7, 11) is 0. The van der Waals surface area contributed by atoms with E-state index in [9.17, 15) is 9.59 Å². The van der Waals surface area contributed by atoms with Gasteiger partial charge in [-0.2, -0.15) is 11.8 Å². The van der Waals surface area contributed by atoms with Crippen molar-refractivity contribution in [1.29, 1.82) is 0 Å². The van der Waals surface area contributed by atoms with Crippen molar-refractivity contribution in [2.24, 2.45) is 0 Å². The molecule has 0 aromatic carbocycles. The van der Waals surface area contributed by atoms with Crippen LogP contribution in [0.3, 0.4) is 0 Å². The molecule has 1 atom stereocenters. The van der Waals surface area contributed by atoms with E-state index in [2.05, 4.69) is 5.32 Å². The summed E-state index contributed by atoms with van der Waals surface area (Å²) >= 11 is 1.94. The second kappa shape index (κ2) is 7.76. The summed E-state index contributed by atoms with van der Waals surface area (Å²) < 4.78 is 0. The normalized spacial score (nSPS) is 24.4. The SMILES string of the molecule is O=C(O)CCC1CCCCN1C(=O)NC1CCSCC1. The third-order valence-electron chi connectivity index (χ3n) is 4.13. The Morgan fingerprint density at radius 3 is 2.65 bits per heavy atom. The van der Waals surface area contributed by atoms with Crippen LogP contribution in [-0.4, -0.2) is 52.1 Å². The van der Waals surface area contributed by atoms with E-state index < -0.39 is 5.97 Å². The number of urea groups is 1. The number of nitrogens with one attached hydrogen (secondary N) is 1. The zero-order chi connectivity index (χ0) is 14.4. The molecule has 6 heteroatoms. The fourth-order valence-electron chi connectivity index (χ4n) is 2.96. The molecule has 2 fully saturated rings. The van der Waals surface area contributed by atoms with Gasteiger partial charge >= 0.3 is 12.0 Å². The van der Waals surface area contributed by atoms with Crippen molar-refractivity contribution in [1.82, 2.24) is 10.2 Å². The van der Waals surface area contributed by atoms with Crippen LogP contribution in [0.15, 0.2) is 0 Å². The highest BCUT2D eigenvalue weighted by molar-refractivity contribution is 7.99. The van der Waals surface area contributed by atoms with Crippen LogP contribution in [-0.2, 0) is 4.79 Å². The van der Waals surface area contributed by atoms with Gasteiger partial charge in [0, 0.05) is 25.0 Å². The Labute approximate surface area is 124 Å². The first-order valence-electron chi connectivity index (χ1n) is 7.53. The zero-order valence-corrected chi connectivity index (χ0v) is 12.7. The van der Waals surface area contributed by atoms with Gasteiger partial charge in [-0.1, -0.05) is 0 Å². The van der Waals surface area contributed by atoms with Gasteiger partial charge in [-0.3, -0.25) is 4.79 Å². The van der Waals surface area contributed by atoms with E-state index in [4.69, 9.17) is 5.11 Å². The third-order valence-corrected chi connectivity index (χ3v) is 5.18. The van der Waals surface area contributed by atoms with Crippen molar-refractivity contribution >= 4 is 23.8 Å². The van der Waals surface area contributed by atoms with Gasteiger partial charge in [-0.05, 0) is 50.0 Å². The molecule has 0 saturated carbocycles. The van der Waals surface area contributed by atoms with Crippen molar-refractivity contribution in [2.75, 3.05) is 18.1 Å². The number of nitrogens with zero attached hydrogens (tertiary/aromatic N) is 1. The average molecular weight is 300 g/mol. The lowest BCUT2D eigenvalue weighted by Gasteiger charge is -2.37. The number of thioether (sulfide) groups is 1. The van der Waals surface area contributed by atoms with Crippen LogP contribution in [0.5, 0.6) is 0 Å². The van der Waals surface area contributed by atoms with E-state index in [1.54, 1.807) is 0 Å². The highest BCUT2D eigenvalue weighted by Gasteiger charge is 2.28. The maximum absolute atomic E-state index is 12.4. The van der Waals surface area contributed by atoms with Crippen LogP contribution in [0.25, 0.3) is 0 Å². The van der Waals surface area contributed by atoms with E-state index in [0.29, 0.717) is 12.5 Å². The minimum absolute atomic E-state index is 0.0111. The first-order chi connectivity index (χ1) is 9.66. The number of hydrogen-bond acceptors (Lipinski definition) is 3. The molecular weight excluding hydrogens is 276 g/mol. The summed E-state index contributed by atoms with van der Waals surface area (Å²) in [4.78, 5) is 25.0. The number of aliphatic carboxylic acids is 1. The molecule has 0 aromatic rings. The van der Waals surface area contributed by atoms with E-state index in [1.165, 1.54) is 0 Å². The lowest BCUT2D eigenvalue weighted by atomic mass is 9.98. The minimum atomic E-state index is -0.778. The molecule has 1 unspecified atom stereocenters. The molecule has 0 spiro atoms. The molecule has 2 rings (SSSR count). The largest absolute Gasteiger partial charge is 0.481 e. The molecule has 2 aliphatic rings. The molecule has 0 aromatic heterocycles. The highest BCUT2D eigenvalue weighted by Crippen LogP contribution is 2.22. The van der Waals surface area contributed by atoms with Gasteiger partial charge in [0.15, 0.2) is 0 Å². The highest BCUT2D eigenvalue weighted by atomic mass is 32.2. The fraction of sp³-hybridized carbons (Fsp3) is 0.857. The summed E-state index contributed by atoms with van der Waals surface area (Å²) in [6, 6.07) is 0.403. The Balaban J connectivity index is 1.85. The number of carboxylic acid groups (broad SMARTS) is 1. The molecule has 2 amide bonds. The average Bonchev–Trinajstić information content (AvgIpc) is 2.46. The molecule has 2 heterocycles. The fourth-order valence-corrected chi connectivity index (χ4v) is 4.06. The Kier molecular flexibility index (Phi) is 6.01. The van der Waals surface area contributed by atoms with Crippen LogP contribution in [0.2, 0.25) is 0 Å². The quantitative estimate of drug-likeness (QED) is 0.836. The topological polar surface area (TPSA) is 69.6 Å². The van der Waals surface area contributed by atoms with Gasteiger partial charge in [-0.25, -0.2) is 4.79 Å². The first-order valence-corrected chi connectivity index (χ1v) is 8.69. The molecule has 0 bridgehead atoms. The molecule has 2 aliphatic heterocycles. The summed E-state index contributed by atoms with van der Waals surface area (Å²) in [5.41, 5.74) is 0. The Hall–Kier alpha value is -0.910. The maximum Gasteiger partial charge on any atom is 0.317 e. The summed E-state index contributed by atoms with van der Waals surface area (Å²) in [6.45, 7) is 0.761. The first kappa shape index (κ1) is 15.5. The smallest absolute Gasteiger partial charge is 0.317 e. The van der Waals surface area contributed by atoms with Gasteiger partial charge in [0.05, 0.1) is 0 Å². The zero-order valence-electron chi connectivity index (χ0n) is 11.8. The molecule has 5 nitrogen and oxygen atoms in total. The Morgan fingerprint density at radius 1 is 1.20 bits per heavy atom. The Morgan fingerprint density at radius 2 is 1.95 bits per heavy atom. The van der Waals surface area contributed by atoms with Crippen LogP contribution < -0.4 is 5.32 Å². The van der Waals surface area contributed by atoms with Crippen molar-refractivity contribution in [3.8, 4) is 0 Å². The predicted octanol–water partition coefficient (Wildman–Crippen LogP) is 2.31. The lowest BCUT2D eigenvalue weighted by molar-refractivity contribution is -0.137. The number of rotatable bonds is 4. The third kappa shape index (κ3) is 4.58.